The third-order valence-electron chi connectivity index (χ3n) is 4.98. The molecule has 4 nitrogen and oxygen atoms in total. The van der Waals surface area contributed by atoms with E-state index >= 15 is 0 Å². The summed E-state index contributed by atoms with van der Waals surface area (Å²) in [5, 5.41) is 0. The fraction of sp³-hybridized carbons (Fsp3) is 0.647. The lowest BCUT2D eigenvalue weighted by atomic mass is 9.94. The first-order valence-electron chi connectivity index (χ1n) is 8.20. The number of methoxy groups -OCH3 is 1. The summed E-state index contributed by atoms with van der Waals surface area (Å²) in [7, 11) is 1.68. The van der Waals surface area contributed by atoms with Crippen molar-refractivity contribution in [1.29, 1.82) is 0 Å². The van der Waals surface area contributed by atoms with Crippen LogP contribution in [-0.2, 0) is 0 Å². The standard InChI is InChI=1S/C17H27N3O/c1-21-15-7-8-17(16(18)13-15)20-11-9-19(10-12-20)14-5-3-2-4-6-14/h7-8,13-14H,2-6,9-12,18H2,1H3. The molecule has 1 saturated heterocycles. The second kappa shape index (κ2) is 6.56. The number of anilines is 2. The van der Waals surface area contributed by atoms with Crippen molar-refractivity contribution in [2.75, 3.05) is 43.9 Å². The van der Waals surface area contributed by atoms with Gasteiger partial charge in [0.25, 0.3) is 0 Å². The highest BCUT2D eigenvalue weighted by Gasteiger charge is 2.25. The molecule has 0 radical (unpaired) electrons. The van der Waals surface area contributed by atoms with Gasteiger partial charge in [0.05, 0.1) is 18.5 Å². The molecule has 0 aromatic heterocycles. The molecule has 2 fully saturated rings. The van der Waals surface area contributed by atoms with Gasteiger partial charge in [0.2, 0.25) is 0 Å². The predicted molar refractivity (Wildman–Crippen MR) is 88.1 cm³/mol. The largest absolute Gasteiger partial charge is 0.497 e. The molecular formula is C17H27N3O. The Hall–Kier alpha value is -1.42. The molecular weight excluding hydrogens is 262 g/mol. The predicted octanol–water partition coefficient (Wildman–Crippen LogP) is 2.73. The summed E-state index contributed by atoms with van der Waals surface area (Å²) in [4.78, 5) is 5.10. The van der Waals surface area contributed by atoms with Crippen LogP contribution in [0.4, 0.5) is 11.4 Å². The minimum atomic E-state index is 0.820. The summed E-state index contributed by atoms with van der Waals surface area (Å²) in [5.41, 5.74) is 8.14. The van der Waals surface area contributed by atoms with Crippen molar-refractivity contribution in [1.82, 2.24) is 4.90 Å². The lowest BCUT2D eigenvalue weighted by Crippen LogP contribution is -2.51. The normalized spacial score (nSPS) is 21.5. The zero-order chi connectivity index (χ0) is 14.7. The van der Waals surface area contributed by atoms with Crippen LogP contribution in [0.5, 0.6) is 5.75 Å². The summed E-state index contributed by atoms with van der Waals surface area (Å²) in [5.74, 6) is 0.831. The van der Waals surface area contributed by atoms with E-state index in [1.54, 1.807) is 7.11 Å². The molecule has 3 rings (SSSR count). The molecule has 21 heavy (non-hydrogen) atoms. The van der Waals surface area contributed by atoms with E-state index in [1.165, 1.54) is 32.1 Å². The van der Waals surface area contributed by atoms with Crippen molar-refractivity contribution in [3.8, 4) is 5.75 Å². The minimum absolute atomic E-state index is 0.820. The highest BCUT2D eigenvalue weighted by Crippen LogP contribution is 2.30. The monoisotopic (exact) mass is 289 g/mol. The average Bonchev–Trinajstić information content (AvgIpc) is 2.56. The maximum Gasteiger partial charge on any atom is 0.121 e. The van der Waals surface area contributed by atoms with E-state index in [4.69, 9.17) is 10.5 Å². The molecule has 2 aliphatic rings. The SMILES string of the molecule is COc1ccc(N2CCN(C3CCCCC3)CC2)c(N)c1. The first kappa shape index (κ1) is 14.5. The highest BCUT2D eigenvalue weighted by molar-refractivity contribution is 5.69. The van der Waals surface area contributed by atoms with E-state index in [9.17, 15) is 0 Å². The van der Waals surface area contributed by atoms with Crippen LogP contribution in [0.3, 0.4) is 0 Å². The molecule has 1 saturated carbocycles. The lowest BCUT2D eigenvalue weighted by Gasteiger charge is -2.41. The van der Waals surface area contributed by atoms with Crippen LogP contribution in [0.2, 0.25) is 0 Å². The van der Waals surface area contributed by atoms with Crippen molar-refractivity contribution in [3.05, 3.63) is 18.2 Å². The van der Waals surface area contributed by atoms with Crippen molar-refractivity contribution in [2.45, 2.75) is 38.1 Å². The quantitative estimate of drug-likeness (QED) is 0.869. The van der Waals surface area contributed by atoms with Gasteiger partial charge in [0, 0.05) is 38.3 Å². The summed E-state index contributed by atoms with van der Waals surface area (Å²) in [6.45, 7) is 4.48. The van der Waals surface area contributed by atoms with Gasteiger partial charge in [-0.1, -0.05) is 19.3 Å². The van der Waals surface area contributed by atoms with Gasteiger partial charge >= 0.3 is 0 Å². The first-order valence-corrected chi connectivity index (χ1v) is 8.20. The van der Waals surface area contributed by atoms with Crippen LogP contribution in [0.25, 0.3) is 0 Å². The van der Waals surface area contributed by atoms with Gasteiger partial charge in [-0.05, 0) is 25.0 Å². The number of piperazine rings is 1. The fourth-order valence-corrected chi connectivity index (χ4v) is 3.72. The van der Waals surface area contributed by atoms with E-state index < -0.39 is 0 Å². The number of rotatable bonds is 3. The van der Waals surface area contributed by atoms with Gasteiger partial charge < -0.3 is 15.4 Å². The number of hydrogen-bond donors (Lipinski definition) is 1. The van der Waals surface area contributed by atoms with E-state index in [2.05, 4.69) is 15.9 Å². The zero-order valence-electron chi connectivity index (χ0n) is 13.1. The number of nitrogens with two attached hydrogens (primary N) is 1. The van der Waals surface area contributed by atoms with E-state index in [0.717, 1.165) is 49.3 Å². The molecule has 0 spiro atoms. The fourth-order valence-electron chi connectivity index (χ4n) is 3.72. The van der Waals surface area contributed by atoms with Crippen LogP contribution in [0.15, 0.2) is 18.2 Å². The molecule has 116 valence electrons. The van der Waals surface area contributed by atoms with Gasteiger partial charge in [-0.25, -0.2) is 0 Å². The Balaban J connectivity index is 1.60. The second-order valence-corrected chi connectivity index (χ2v) is 6.24. The maximum absolute atomic E-state index is 6.17. The Morgan fingerprint density at radius 2 is 1.76 bits per heavy atom. The number of nitrogen functional groups attached to an aromatic ring is 1. The van der Waals surface area contributed by atoms with E-state index in [0.29, 0.717) is 0 Å². The Labute approximate surface area is 127 Å². The van der Waals surface area contributed by atoms with Gasteiger partial charge in [-0.15, -0.1) is 0 Å². The molecule has 0 bridgehead atoms. The molecule has 1 aliphatic carbocycles. The van der Waals surface area contributed by atoms with Crippen LogP contribution in [0, 0.1) is 0 Å². The third kappa shape index (κ3) is 3.26. The van der Waals surface area contributed by atoms with Crippen molar-refractivity contribution >= 4 is 11.4 Å². The van der Waals surface area contributed by atoms with Gasteiger partial charge in [0.15, 0.2) is 0 Å². The summed E-state index contributed by atoms with van der Waals surface area (Å²) in [6.07, 6.45) is 7.04. The summed E-state index contributed by atoms with van der Waals surface area (Å²) < 4.78 is 5.23. The number of ether oxygens (including phenoxy) is 1. The van der Waals surface area contributed by atoms with Crippen LogP contribution in [-0.4, -0.2) is 44.2 Å². The smallest absolute Gasteiger partial charge is 0.121 e. The molecule has 4 heteroatoms. The maximum atomic E-state index is 6.17. The summed E-state index contributed by atoms with van der Waals surface area (Å²) in [6, 6.07) is 6.83. The van der Waals surface area contributed by atoms with E-state index in [1.807, 2.05) is 12.1 Å². The van der Waals surface area contributed by atoms with Crippen LogP contribution < -0.4 is 15.4 Å². The Bertz CT molecular complexity index is 463. The van der Waals surface area contributed by atoms with Gasteiger partial charge in [0.1, 0.15) is 5.75 Å². The molecule has 1 aromatic rings. The first-order chi connectivity index (χ1) is 10.3. The molecule has 0 atom stereocenters. The van der Waals surface area contributed by atoms with Gasteiger partial charge in [-0.3, -0.25) is 4.90 Å². The number of nitrogens with zero attached hydrogens (tertiary/aromatic N) is 2. The minimum Gasteiger partial charge on any atom is -0.497 e. The lowest BCUT2D eigenvalue weighted by molar-refractivity contribution is 0.148. The molecule has 0 unspecified atom stereocenters. The van der Waals surface area contributed by atoms with Crippen LogP contribution in [0.1, 0.15) is 32.1 Å². The Kier molecular flexibility index (Phi) is 4.54. The van der Waals surface area contributed by atoms with Gasteiger partial charge in [-0.2, -0.15) is 0 Å². The molecule has 1 aromatic carbocycles. The highest BCUT2D eigenvalue weighted by atomic mass is 16.5. The zero-order valence-corrected chi connectivity index (χ0v) is 13.1. The third-order valence-corrected chi connectivity index (χ3v) is 4.98. The Morgan fingerprint density at radius 1 is 1.05 bits per heavy atom. The molecule has 0 amide bonds. The summed E-state index contributed by atoms with van der Waals surface area (Å²) >= 11 is 0. The van der Waals surface area contributed by atoms with E-state index in [-0.39, 0.29) is 0 Å². The molecule has 1 aliphatic heterocycles. The van der Waals surface area contributed by atoms with Crippen molar-refractivity contribution < 1.29 is 4.74 Å². The molecule has 1 heterocycles. The van der Waals surface area contributed by atoms with Crippen molar-refractivity contribution in [3.63, 3.8) is 0 Å². The number of hydrogen-bond acceptors (Lipinski definition) is 4. The Morgan fingerprint density at radius 3 is 2.38 bits per heavy atom. The average molecular weight is 289 g/mol. The van der Waals surface area contributed by atoms with Crippen LogP contribution >= 0.6 is 0 Å². The topological polar surface area (TPSA) is 41.7 Å². The second-order valence-electron chi connectivity index (χ2n) is 6.24. The van der Waals surface area contributed by atoms with Crippen molar-refractivity contribution in [2.24, 2.45) is 0 Å². The number of benzene rings is 1. The molecule has 2 N–H and O–H groups in total.